The van der Waals surface area contributed by atoms with Crippen LogP contribution in [0.3, 0.4) is 0 Å². The second kappa shape index (κ2) is 5.43. The van der Waals surface area contributed by atoms with Gasteiger partial charge in [0.05, 0.1) is 11.1 Å². The topological polar surface area (TPSA) is 110 Å². The number of benzene rings is 2. The quantitative estimate of drug-likeness (QED) is 0.595. The van der Waals surface area contributed by atoms with E-state index in [9.17, 15) is 10.2 Å². The molecular formula is C16H13N5O3. The zero-order chi connectivity index (χ0) is 16.7. The molecule has 1 atom stereocenters. The van der Waals surface area contributed by atoms with Gasteiger partial charge in [0, 0.05) is 5.56 Å². The highest BCUT2D eigenvalue weighted by molar-refractivity contribution is 5.80. The second-order valence-corrected chi connectivity index (χ2v) is 5.31. The van der Waals surface area contributed by atoms with Crippen LogP contribution in [0.15, 0.2) is 47.0 Å². The lowest BCUT2D eigenvalue weighted by Gasteiger charge is -2.04. The van der Waals surface area contributed by atoms with Crippen LogP contribution in [-0.4, -0.2) is 35.3 Å². The number of fused-ring (bicyclic) bond motifs is 1. The molecule has 0 fully saturated rings. The average Bonchev–Trinajstić information content (AvgIpc) is 3.21. The van der Waals surface area contributed by atoms with E-state index in [1.54, 1.807) is 49.4 Å². The van der Waals surface area contributed by atoms with Crippen LogP contribution in [0.2, 0.25) is 0 Å². The predicted molar refractivity (Wildman–Crippen MR) is 84.9 cm³/mol. The van der Waals surface area contributed by atoms with Crippen molar-refractivity contribution < 1.29 is 14.7 Å². The van der Waals surface area contributed by atoms with E-state index in [0.717, 1.165) is 0 Å². The standard InChI is InChI=1S/C16H13N5O3/c1-9(22)21-13-7-6-10(8-12(13)18-20-21)16-17-15(19-24-16)11-4-2-3-5-14(11)23/h2-9,22-23H,1H3. The summed E-state index contributed by atoms with van der Waals surface area (Å²) in [4.78, 5) is 4.32. The maximum absolute atomic E-state index is 9.87. The summed E-state index contributed by atoms with van der Waals surface area (Å²) in [5.41, 5.74) is 2.48. The Morgan fingerprint density at radius 2 is 2.00 bits per heavy atom. The van der Waals surface area contributed by atoms with E-state index >= 15 is 0 Å². The van der Waals surface area contributed by atoms with E-state index in [-0.39, 0.29) is 5.75 Å². The summed E-state index contributed by atoms with van der Waals surface area (Å²) < 4.78 is 6.70. The largest absolute Gasteiger partial charge is 0.507 e. The minimum atomic E-state index is -0.767. The van der Waals surface area contributed by atoms with E-state index in [0.29, 0.717) is 33.9 Å². The summed E-state index contributed by atoms with van der Waals surface area (Å²) in [6.45, 7) is 1.61. The molecule has 0 saturated heterocycles. The normalized spacial score (nSPS) is 12.6. The number of hydrogen-bond acceptors (Lipinski definition) is 7. The highest BCUT2D eigenvalue weighted by Crippen LogP contribution is 2.29. The van der Waals surface area contributed by atoms with E-state index < -0.39 is 6.23 Å². The Kier molecular flexibility index (Phi) is 3.24. The van der Waals surface area contributed by atoms with Gasteiger partial charge < -0.3 is 14.7 Å². The number of aliphatic hydroxyl groups is 1. The molecule has 2 heterocycles. The van der Waals surface area contributed by atoms with Crippen molar-refractivity contribution in [3.63, 3.8) is 0 Å². The molecule has 120 valence electrons. The molecule has 0 aliphatic heterocycles. The molecule has 0 saturated carbocycles. The van der Waals surface area contributed by atoms with Gasteiger partial charge in [-0.1, -0.05) is 22.5 Å². The van der Waals surface area contributed by atoms with Crippen LogP contribution in [0, 0.1) is 0 Å². The van der Waals surface area contributed by atoms with Gasteiger partial charge in [0.15, 0.2) is 0 Å². The van der Waals surface area contributed by atoms with Crippen molar-refractivity contribution in [1.29, 1.82) is 0 Å². The molecule has 2 aromatic carbocycles. The molecule has 4 rings (SSSR count). The highest BCUT2D eigenvalue weighted by Gasteiger charge is 2.15. The predicted octanol–water partition coefficient (Wildman–Crippen LogP) is 2.36. The van der Waals surface area contributed by atoms with E-state index in [1.807, 2.05) is 0 Å². The Morgan fingerprint density at radius 3 is 2.79 bits per heavy atom. The lowest BCUT2D eigenvalue weighted by atomic mass is 10.2. The zero-order valence-electron chi connectivity index (χ0n) is 12.7. The van der Waals surface area contributed by atoms with Gasteiger partial charge in [-0.25, -0.2) is 4.68 Å². The number of aromatic hydroxyl groups is 1. The molecule has 2 aromatic heterocycles. The Hall–Kier alpha value is -3.26. The number of aromatic nitrogens is 5. The van der Waals surface area contributed by atoms with Crippen LogP contribution in [0.4, 0.5) is 0 Å². The summed E-state index contributed by atoms with van der Waals surface area (Å²) in [6, 6.07) is 12.1. The monoisotopic (exact) mass is 323 g/mol. The first-order valence-corrected chi connectivity index (χ1v) is 7.29. The number of phenolic OH excluding ortho intramolecular Hbond substituents is 1. The van der Waals surface area contributed by atoms with Crippen LogP contribution in [0.1, 0.15) is 13.2 Å². The summed E-state index contributed by atoms with van der Waals surface area (Å²) in [5.74, 6) is 0.692. The van der Waals surface area contributed by atoms with Gasteiger partial charge in [0.25, 0.3) is 5.89 Å². The van der Waals surface area contributed by atoms with Gasteiger partial charge in [-0.3, -0.25) is 0 Å². The van der Waals surface area contributed by atoms with Crippen LogP contribution < -0.4 is 0 Å². The minimum absolute atomic E-state index is 0.0835. The van der Waals surface area contributed by atoms with Crippen LogP contribution in [-0.2, 0) is 0 Å². The van der Waals surface area contributed by atoms with Crippen molar-refractivity contribution in [2.24, 2.45) is 0 Å². The molecule has 8 heteroatoms. The summed E-state index contributed by atoms with van der Waals surface area (Å²) in [6.07, 6.45) is -0.767. The molecule has 2 N–H and O–H groups in total. The van der Waals surface area contributed by atoms with Gasteiger partial charge in [0.2, 0.25) is 5.82 Å². The van der Waals surface area contributed by atoms with Crippen LogP contribution in [0.25, 0.3) is 33.9 Å². The average molecular weight is 323 g/mol. The highest BCUT2D eigenvalue weighted by atomic mass is 16.5. The Balaban J connectivity index is 1.75. The first-order chi connectivity index (χ1) is 11.6. The molecule has 0 bridgehead atoms. The maximum atomic E-state index is 9.87. The van der Waals surface area contributed by atoms with Crippen molar-refractivity contribution in [3.8, 4) is 28.6 Å². The van der Waals surface area contributed by atoms with Crippen molar-refractivity contribution >= 4 is 11.0 Å². The Bertz CT molecular complexity index is 1020. The fourth-order valence-corrected chi connectivity index (χ4v) is 2.46. The summed E-state index contributed by atoms with van der Waals surface area (Å²) in [5, 5.41) is 31.4. The fourth-order valence-electron chi connectivity index (χ4n) is 2.46. The van der Waals surface area contributed by atoms with Gasteiger partial charge in [-0.15, -0.1) is 5.10 Å². The molecule has 0 spiro atoms. The lowest BCUT2D eigenvalue weighted by Crippen LogP contribution is -2.05. The molecule has 0 radical (unpaired) electrons. The molecule has 8 nitrogen and oxygen atoms in total. The molecule has 24 heavy (non-hydrogen) atoms. The van der Waals surface area contributed by atoms with Crippen molar-refractivity contribution in [2.45, 2.75) is 13.2 Å². The smallest absolute Gasteiger partial charge is 0.258 e. The third-order valence-corrected chi connectivity index (χ3v) is 3.64. The number of para-hydroxylation sites is 1. The summed E-state index contributed by atoms with van der Waals surface area (Å²) >= 11 is 0. The molecule has 4 aromatic rings. The van der Waals surface area contributed by atoms with Crippen LogP contribution >= 0.6 is 0 Å². The number of nitrogens with zero attached hydrogens (tertiary/aromatic N) is 5. The first-order valence-electron chi connectivity index (χ1n) is 7.29. The minimum Gasteiger partial charge on any atom is -0.507 e. The maximum Gasteiger partial charge on any atom is 0.258 e. The third-order valence-electron chi connectivity index (χ3n) is 3.64. The number of hydrogen-bond donors (Lipinski definition) is 2. The SMILES string of the molecule is CC(O)n1nnc2cc(-c3nc(-c4ccccc4O)no3)ccc21. The van der Waals surface area contributed by atoms with Gasteiger partial charge in [0.1, 0.15) is 17.5 Å². The van der Waals surface area contributed by atoms with E-state index in [1.165, 1.54) is 4.68 Å². The molecule has 1 unspecified atom stereocenters. The van der Waals surface area contributed by atoms with Crippen LogP contribution in [0.5, 0.6) is 5.75 Å². The van der Waals surface area contributed by atoms with Crippen molar-refractivity contribution in [1.82, 2.24) is 25.1 Å². The molecular weight excluding hydrogens is 310 g/mol. The number of aliphatic hydroxyl groups excluding tert-OH is 1. The van der Waals surface area contributed by atoms with Gasteiger partial charge in [-0.2, -0.15) is 4.98 Å². The first kappa shape index (κ1) is 14.3. The molecule has 0 aliphatic rings. The van der Waals surface area contributed by atoms with E-state index in [4.69, 9.17) is 4.52 Å². The number of rotatable bonds is 3. The second-order valence-electron chi connectivity index (χ2n) is 5.31. The van der Waals surface area contributed by atoms with Crippen molar-refractivity contribution in [3.05, 3.63) is 42.5 Å². The lowest BCUT2D eigenvalue weighted by molar-refractivity contribution is 0.113. The third kappa shape index (κ3) is 2.29. The van der Waals surface area contributed by atoms with E-state index in [2.05, 4.69) is 20.5 Å². The Morgan fingerprint density at radius 1 is 1.17 bits per heavy atom. The van der Waals surface area contributed by atoms with Gasteiger partial charge >= 0.3 is 0 Å². The van der Waals surface area contributed by atoms with Gasteiger partial charge in [-0.05, 0) is 37.3 Å². The zero-order valence-corrected chi connectivity index (χ0v) is 12.7. The molecule has 0 aliphatic carbocycles. The Labute approximate surface area is 136 Å². The molecule has 0 amide bonds. The summed E-state index contributed by atoms with van der Waals surface area (Å²) in [7, 11) is 0. The van der Waals surface area contributed by atoms with Crippen molar-refractivity contribution in [2.75, 3.05) is 0 Å². The number of phenols is 1. The fraction of sp³-hybridized carbons (Fsp3) is 0.125.